The number of rotatable bonds is 13. The summed E-state index contributed by atoms with van der Waals surface area (Å²) in [6.07, 6.45) is -0.0450. The standard InChI is InChI=1S/C23H34N5O8P/c1-4-16(5-2)13-33-22(30)15(3)27-37(32,36-17-9-7-6-8-10-17)34-14-18-11-19(29)21(35-18)28-23(31)26-20(24)12-25-28/h6-10,12,15-16,18-19,21,29H,4-5,11,13-14H2,1-3H3,(H,27,32)(H2,24,26,31)/t15-,18-,19?,21+,37?/m0/s1. The summed E-state index contributed by atoms with van der Waals surface area (Å²) in [4.78, 5) is 28.2. The highest BCUT2D eigenvalue weighted by atomic mass is 31.2. The lowest BCUT2D eigenvalue weighted by Gasteiger charge is -2.24. The number of aromatic nitrogens is 3. The van der Waals surface area contributed by atoms with Gasteiger partial charge in [0.25, 0.3) is 0 Å². The summed E-state index contributed by atoms with van der Waals surface area (Å²) in [5.74, 6) is -0.172. The SMILES string of the molecule is CCC(CC)COC(=O)[C@H](C)NP(=O)(OC[C@@H]1CC(O)[C@H](n2ncc(N)nc2=O)O1)Oc1ccccc1. The summed E-state index contributed by atoms with van der Waals surface area (Å²) in [6.45, 7) is 5.50. The maximum Gasteiger partial charge on any atom is 0.459 e. The number of benzene rings is 1. The van der Waals surface area contributed by atoms with Crippen molar-refractivity contribution in [1.29, 1.82) is 0 Å². The number of nitrogen functional groups attached to an aromatic ring is 1. The van der Waals surface area contributed by atoms with E-state index in [-0.39, 0.29) is 37.1 Å². The molecule has 14 heteroatoms. The normalized spacial score (nSPS) is 21.9. The first kappa shape index (κ1) is 28.7. The molecule has 0 aliphatic carbocycles. The first-order valence-electron chi connectivity index (χ1n) is 12.1. The van der Waals surface area contributed by atoms with E-state index < -0.39 is 43.9 Å². The minimum atomic E-state index is -4.12. The first-order valence-corrected chi connectivity index (χ1v) is 13.7. The van der Waals surface area contributed by atoms with Gasteiger partial charge in [-0.3, -0.25) is 9.32 Å². The number of nitrogens with two attached hydrogens (primary N) is 1. The molecular weight excluding hydrogens is 505 g/mol. The van der Waals surface area contributed by atoms with Crippen LogP contribution in [0.5, 0.6) is 5.75 Å². The number of hydrogen-bond donors (Lipinski definition) is 3. The van der Waals surface area contributed by atoms with Crippen molar-refractivity contribution in [2.75, 3.05) is 18.9 Å². The molecule has 37 heavy (non-hydrogen) atoms. The van der Waals surface area contributed by atoms with Crippen LogP contribution in [0.15, 0.2) is 41.3 Å². The topological polar surface area (TPSA) is 177 Å². The molecule has 2 heterocycles. The van der Waals surface area contributed by atoms with Gasteiger partial charge in [-0.2, -0.15) is 19.9 Å². The van der Waals surface area contributed by atoms with Gasteiger partial charge in [-0.05, 0) is 25.0 Å². The molecule has 1 aliphatic heterocycles. The highest BCUT2D eigenvalue weighted by molar-refractivity contribution is 7.52. The summed E-state index contributed by atoms with van der Waals surface area (Å²) in [6, 6.07) is 7.33. The number of aliphatic hydroxyl groups excluding tert-OH is 1. The molecule has 1 aliphatic rings. The Morgan fingerprint density at radius 1 is 1.32 bits per heavy atom. The van der Waals surface area contributed by atoms with Crippen molar-refractivity contribution >= 4 is 19.5 Å². The molecule has 1 aromatic heterocycles. The van der Waals surface area contributed by atoms with Gasteiger partial charge in [-0.15, -0.1) is 0 Å². The fourth-order valence-electron chi connectivity index (χ4n) is 3.62. The third kappa shape index (κ3) is 8.08. The second-order valence-corrected chi connectivity index (χ2v) is 10.4. The van der Waals surface area contributed by atoms with Crippen LogP contribution in [0.1, 0.15) is 46.3 Å². The third-order valence-electron chi connectivity index (χ3n) is 5.86. The number of ether oxygens (including phenoxy) is 2. The summed E-state index contributed by atoms with van der Waals surface area (Å²) < 4.78 is 36.9. The van der Waals surface area contributed by atoms with Crippen molar-refractivity contribution in [2.24, 2.45) is 5.92 Å². The number of carbonyl (C=O) groups is 1. The van der Waals surface area contributed by atoms with Gasteiger partial charge < -0.3 is 24.8 Å². The third-order valence-corrected chi connectivity index (χ3v) is 7.51. The smallest absolute Gasteiger partial charge is 0.459 e. The van der Waals surface area contributed by atoms with Crippen LogP contribution in [-0.4, -0.2) is 57.3 Å². The van der Waals surface area contributed by atoms with E-state index in [9.17, 15) is 19.3 Å². The van der Waals surface area contributed by atoms with Crippen molar-refractivity contribution < 1.29 is 33.0 Å². The predicted molar refractivity (Wildman–Crippen MR) is 133 cm³/mol. The number of nitrogens with zero attached hydrogens (tertiary/aromatic N) is 3. The van der Waals surface area contributed by atoms with Crippen LogP contribution in [0.3, 0.4) is 0 Å². The highest BCUT2D eigenvalue weighted by Crippen LogP contribution is 2.45. The molecule has 5 atom stereocenters. The molecule has 0 spiro atoms. The average molecular weight is 540 g/mol. The van der Waals surface area contributed by atoms with Crippen LogP contribution in [0.2, 0.25) is 0 Å². The zero-order chi connectivity index (χ0) is 27.0. The van der Waals surface area contributed by atoms with Crippen LogP contribution in [0, 0.1) is 5.92 Å². The Morgan fingerprint density at radius 2 is 2.03 bits per heavy atom. The summed E-state index contributed by atoms with van der Waals surface area (Å²) in [5.41, 5.74) is 4.67. The molecule has 204 valence electrons. The van der Waals surface area contributed by atoms with E-state index in [0.717, 1.165) is 23.7 Å². The van der Waals surface area contributed by atoms with Gasteiger partial charge in [-0.25, -0.2) is 9.36 Å². The van der Waals surface area contributed by atoms with Crippen molar-refractivity contribution in [3.63, 3.8) is 0 Å². The number of para-hydroxylation sites is 1. The predicted octanol–water partition coefficient (Wildman–Crippen LogP) is 2.03. The zero-order valence-corrected chi connectivity index (χ0v) is 22.0. The molecule has 1 fully saturated rings. The lowest BCUT2D eigenvalue weighted by Crippen LogP contribution is -2.36. The van der Waals surface area contributed by atoms with E-state index in [1.54, 1.807) is 30.3 Å². The fraction of sp³-hybridized carbons (Fsp3) is 0.565. The molecule has 0 radical (unpaired) electrons. The number of nitrogens with one attached hydrogen (secondary N) is 1. The van der Waals surface area contributed by atoms with Crippen LogP contribution < -0.4 is 21.0 Å². The van der Waals surface area contributed by atoms with Gasteiger partial charge in [0, 0.05) is 6.42 Å². The molecule has 0 bridgehead atoms. The number of aliphatic hydroxyl groups is 1. The van der Waals surface area contributed by atoms with Crippen molar-refractivity contribution in [3.8, 4) is 5.75 Å². The van der Waals surface area contributed by atoms with E-state index in [1.165, 1.54) is 6.92 Å². The molecule has 3 rings (SSSR count). The van der Waals surface area contributed by atoms with Crippen LogP contribution in [-0.2, 0) is 23.4 Å². The van der Waals surface area contributed by atoms with Gasteiger partial charge in [0.2, 0.25) is 0 Å². The maximum atomic E-state index is 13.7. The zero-order valence-electron chi connectivity index (χ0n) is 21.1. The maximum absolute atomic E-state index is 13.7. The van der Waals surface area contributed by atoms with Gasteiger partial charge in [0.05, 0.1) is 25.5 Å². The highest BCUT2D eigenvalue weighted by Gasteiger charge is 2.40. The van der Waals surface area contributed by atoms with E-state index >= 15 is 0 Å². The molecule has 13 nitrogen and oxygen atoms in total. The second kappa shape index (κ2) is 13.1. The molecule has 0 amide bonds. The molecule has 1 aromatic carbocycles. The lowest BCUT2D eigenvalue weighted by atomic mass is 10.1. The lowest BCUT2D eigenvalue weighted by molar-refractivity contribution is -0.146. The first-order chi connectivity index (χ1) is 17.6. The van der Waals surface area contributed by atoms with Gasteiger partial charge in [-0.1, -0.05) is 44.9 Å². The Hall–Kier alpha value is -2.83. The Labute approximate surface area is 214 Å². The molecule has 0 saturated carbocycles. The molecular formula is C23H34N5O8P. The quantitative estimate of drug-likeness (QED) is 0.250. The van der Waals surface area contributed by atoms with Crippen molar-refractivity contribution in [3.05, 3.63) is 47.0 Å². The summed E-state index contributed by atoms with van der Waals surface area (Å²) >= 11 is 0. The van der Waals surface area contributed by atoms with Crippen molar-refractivity contribution in [2.45, 2.75) is 64.5 Å². The van der Waals surface area contributed by atoms with Gasteiger partial charge in [0.1, 0.15) is 23.7 Å². The van der Waals surface area contributed by atoms with Gasteiger partial charge in [0.15, 0.2) is 6.23 Å². The molecule has 1 saturated heterocycles. The van der Waals surface area contributed by atoms with Crippen LogP contribution >= 0.6 is 7.75 Å². The minimum absolute atomic E-state index is 0.0571. The largest absolute Gasteiger partial charge is 0.464 e. The number of hydrogen-bond acceptors (Lipinski definition) is 11. The minimum Gasteiger partial charge on any atom is -0.464 e. The molecule has 2 unspecified atom stereocenters. The monoisotopic (exact) mass is 539 g/mol. The average Bonchev–Trinajstić information content (AvgIpc) is 3.24. The van der Waals surface area contributed by atoms with Crippen LogP contribution in [0.4, 0.5) is 5.82 Å². The van der Waals surface area contributed by atoms with E-state index in [0.29, 0.717) is 0 Å². The second-order valence-electron chi connectivity index (χ2n) is 8.72. The van der Waals surface area contributed by atoms with Gasteiger partial charge >= 0.3 is 19.4 Å². The van der Waals surface area contributed by atoms with E-state index in [4.69, 9.17) is 24.3 Å². The van der Waals surface area contributed by atoms with Crippen molar-refractivity contribution in [1.82, 2.24) is 19.9 Å². The summed E-state index contributed by atoms with van der Waals surface area (Å²) in [5, 5.41) is 16.9. The van der Waals surface area contributed by atoms with Crippen LogP contribution in [0.25, 0.3) is 0 Å². The number of carbonyl (C=O) groups excluding carboxylic acids is 1. The fourth-order valence-corrected chi connectivity index (χ4v) is 5.15. The van der Waals surface area contributed by atoms with E-state index in [2.05, 4.69) is 15.2 Å². The molecule has 4 N–H and O–H groups in total. The Kier molecular flexibility index (Phi) is 10.2. The number of esters is 1. The Bertz CT molecular complexity index is 1130. The number of anilines is 1. The molecule has 2 aromatic rings. The Balaban J connectivity index is 1.67. The summed E-state index contributed by atoms with van der Waals surface area (Å²) in [7, 11) is -4.12. The van der Waals surface area contributed by atoms with E-state index in [1.807, 2.05) is 13.8 Å². The Morgan fingerprint density at radius 3 is 2.68 bits per heavy atom.